The topological polar surface area (TPSA) is 93.0 Å². The zero-order valence-electron chi connectivity index (χ0n) is 21.5. The van der Waals surface area contributed by atoms with Gasteiger partial charge in [-0.15, -0.1) is 0 Å². The first-order chi connectivity index (χ1) is 17.5. The Labute approximate surface area is 213 Å². The van der Waals surface area contributed by atoms with Gasteiger partial charge in [0.05, 0.1) is 19.2 Å². The van der Waals surface area contributed by atoms with Gasteiger partial charge in [-0.2, -0.15) is 0 Å². The highest BCUT2D eigenvalue weighted by Crippen LogP contribution is 2.29. The number of nitrogens with two attached hydrogens (primary N) is 1. The minimum atomic E-state index is -0.175. The number of ether oxygens (including phenoxy) is 2. The molecule has 0 unspecified atom stereocenters. The second-order valence-electron chi connectivity index (χ2n) is 9.02. The number of fused-ring (bicyclic) bond motifs is 1. The smallest absolute Gasteiger partial charge is 0.250 e. The van der Waals surface area contributed by atoms with Crippen LogP contribution in [0.5, 0.6) is 5.75 Å². The van der Waals surface area contributed by atoms with Crippen LogP contribution in [0.25, 0.3) is 10.9 Å². The lowest BCUT2D eigenvalue weighted by Gasteiger charge is -2.36. The number of nitrogen functional groups attached to an aromatic ring is 1. The quantitative estimate of drug-likeness (QED) is 0.418. The van der Waals surface area contributed by atoms with Gasteiger partial charge in [0.15, 0.2) is 0 Å². The van der Waals surface area contributed by atoms with E-state index in [1.54, 1.807) is 7.11 Å². The second kappa shape index (κ2) is 12.1. The molecule has 0 spiro atoms. The summed E-state index contributed by atoms with van der Waals surface area (Å²) in [6.07, 6.45) is 1.68. The molecule has 8 nitrogen and oxygen atoms in total. The third-order valence-electron chi connectivity index (χ3n) is 6.78. The molecule has 2 heterocycles. The van der Waals surface area contributed by atoms with Crippen LogP contribution in [0.1, 0.15) is 25.1 Å². The normalized spacial score (nSPS) is 14.2. The number of hydrogen-bond acceptors (Lipinski definition) is 7. The largest absolute Gasteiger partial charge is 0.497 e. The fourth-order valence-corrected chi connectivity index (χ4v) is 4.72. The van der Waals surface area contributed by atoms with Crippen molar-refractivity contribution in [2.24, 2.45) is 0 Å². The molecule has 0 atom stereocenters. The van der Waals surface area contributed by atoms with Crippen molar-refractivity contribution < 1.29 is 14.3 Å². The molecular formula is C28H37N5O3. The van der Waals surface area contributed by atoms with Crippen LogP contribution in [-0.4, -0.2) is 68.8 Å². The Morgan fingerprint density at radius 1 is 1.06 bits per heavy atom. The first-order valence-corrected chi connectivity index (χ1v) is 12.7. The van der Waals surface area contributed by atoms with Gasteiger partial charge in [-0.25, -0.2) is 0 Å². The van der Waals surface area contributed by atoms with Crippen LogP contribution in [0.15, 0.2) is 42.5 Å². The molecule has 1 aliphatic heterocycles. The van der Waals surface area contributed by atoms with E-state index in [0.29, 0.717) is 12.3 Å². The van der Waals surface area contributed by atoms with Crippen LogP contribution in [-0.2, 0) is 22.4 Å². The first kappa shape index (κ1) is 25.7. The van der Waals surface area contributed by atoms with Crippen molar-refractivity contribution in [3.05, 3.63) is 53.7 Å². The maximum atomic E-state index is 12.4. The Morgan fingerprint density at radius 2 is 1.81 bits per heavy atom. The minimum Gasteiger partial charge on any atom is -0.497 e. The average molecular weight is 492 g/mol. The van der Waals surface area contributed by atoms with Crippen molar-refractivity contribution in [3.8, 4) is 5.75 Å². The molecule has 1 saturated heterocycles. The highest BCUT2D eigenvalue weighted by Gasteiger charge is 2.17. The fourth-order valence-electron chi connectivity index (χ4n) is 4.72. The molecular weight excluding hydrogens is 454 g/mol. The summed E-state index contributed by atoms with van der Waals surface area (Å²) in [5.74, 6) is 0.697. The summed E-state index contributed by atoms with van der Waals surface area (Å²) in [5.41, 5.74) is 12.1. The number of carbonyl (C=O) groups is 1. The van der Waals surface area contributed by atoms with Gasteiger partial charge in [-0.05, 0) is 60.9 Å². The Balaban J connectivity index is 1.21. The number of aromatic nitrogens is 1. The van der Waals surface area contributed by atoms with Crippen molar-refractivity contribution in [2.75, 3.05) is 69.0 Å². The molecule has 36 heavy (non-hydrogen) atoms. The van der Waals surface area contributed by atoms with E-state index in [2.05, 4.69) is 41.1 Å². The summed E-state index contributed by atoms with van der Waals surface area (Å²) >= 11 is 0. The van der Waals surface area contributed by atoms with Crippen molar-refractivity contribution in [1.82, 2.24) is 9.88 Å². The predicted octanol–water partition coefficient (Wildman–Crippen LogP) is 3.73. The predicted molar refractivity (Wildman–Crippen MR) is 146 cm³/mol. The van der Waals surface area contributed by atoms with Gasteiger partial charge in [-0.1, -0.05) is 13.8 Å². The SMILES string of the molecule is CCc1nc2ccc(NC(=O)COCCN3CCN(c4ccc(OC)cc4)CC3)cc2c(N)c1CC. The molecule has 0 bridgehead atoms. The van der Waals surface area contributed by atoms with Gasteiger partial charge < -0.3 is 25.4 Å². The monoisotopic (exact) mass is 491 g/mol. The van der Waals surface area contributed by atoms with Gasteiger partial charge in [0, 0.05) is 60.9 Å². The molecule has 0 radical (unpaired) electrons. The van der Waals surface area contributed by atoms with Gasteiger partial charge in [-0.3, -0.25) is 14.7 Å². The number of methoxy groups -OCH3 is 1. The molecule has 0 saturated carbocycles. The van der Waals surface area contributed by atoms with Crippen LogP contribution in [0, 0.1) is 0 Å². The standard InChI is InChI=1S/C28H37N5O3/c1-4-23-25(5-2)31-26-11-6-20(18-24(26)28(23)29)30-27(34)19-36-17-16-32-12-14-33(15-13-32)21-7-9-22(35-3)10-8-21/h6-11,18H,4-5,12-17,19H2,1-3H3,(H2,29,31)(H,30,34). The third-order valence-corrected chi connectivity index (χ3v) is 6.78. The van der Waals surface area contributed by atoms with Crippen LogP contribution in [0.3, 0.4) is 0 Å². The van der Waals surface area contributed by atoms with Crippen molar-refractivity contribution >= 4 is 33.9 Å². The summed E-state index contributed by atoms with van der Waals surface area (Å²) in [5, 5.41) is 3.79. The van der Waals surface area contributed by atoms with Crippen molar-refractivity contribution in [3.63, 3.8) is 0 Å². The number of aryl methyl sites for hydroxylation is 1. The van der Waals surface area contributed by atoms with E-state index in [4.69, 9.17) is 20.2 Å². The summed E-state index contributed by atoms with van der Waals surface area (Å²) in [4.78, 5) is 21.9. The van der Waals surface area contributed by atoms with Crippen LogP contribution < -0.4 is 20.7 Å². The number of carbonyl (C=O) groups excluding carboxylic acids is 1. The summed E-state index contributed by atoms with van der Waals surface area (Å²) in [6, 6.07) is 13.9. The number of amides is 1. The van der Waals surface area contributed by atoms with Crippen molar-refractivity contribution in [1.29, 1.82) is 0 Å². The summed E-state index contributed by atoms with van der Waals surface area (Å²) < 4.78 is 10.9. The number of nitrogens with one attached hydrogen (secondary N) is 1. The molecule has 0 aliphatic carbocycles. The van der Waals surface area contributed by atoms with Crippen LogP contribution in [0.4, 0.5) is 17.1 Å². The van der Waals surface area contributed by atoms with E-state index in [0.717, 1.165) is 79.2 Å². The molecule has 8 heteroatoms. The maximum absolute atomic E-state index is 12.4. The zero-order chi connectivity index (χ0) is 25.5. The Bertz CT molecular complexity index is 1170. The lowest BCUT2D eigenvalue weighted by Crippen LogP contribution is -2.47. The Morgan fingerprint density at radius 3 is 2.47 bits per heavy atom. The highest BCUT2D eigenvalue weighted by atomic mass is 16.5. The summed E-state index contributed by atoms with van der Waals surface area (Å²) in [6.45, 7) is 9.38. The van der Waals surface area contributed by atoms with Crippen LogP contribution in [0.2, 0.25) is 0 Å². The van der Waals surface area contributed by atoms with E-state index in [1.807, 2.05) is 30.3 Å². The molecule has 1 aromatic heterocycles. The van der Waals surface area contributed by atoms with Gasteiger partial charge in [0.2, 0.25) is 5.91 Å². The highest BCUT2D eigenvalue weighted by molar-refractivity contribution is 5.98. The molecule has 3 N–H and O–H groups in total. The first-order valence-electron chi connectivity index (χ1n) is 12.7. The molecule has 4 rings (SSSR count). The molecule has 1 fully saturated rings. The molecule has 3 aromatic rings. The molecule has 2 aromatic carbocycles. The van der Waals surface area contributed by atoms with E-state index in [-0.39, 0.29) is 12.5 Å². The lowest BCUT2D eigenvalue weighted by atomic mass is 10.0. The van der Waals surface area contributed by atoms with Crippen molar-refractivity contribution in [2.45, 2.75) is 26.7 Å². The molecule has 1 amide bonds. The number of pyridine rings is 1. The van der Waals surface area contributed by atoms with E-state index in [1.165, 1.54) is 5.69 Å². The molecule has 192 valence electrons. The minimum absolute atomic E-state index is 0.0204. The number of nitrogens with zero attached hydrogens (tertiary/aromatic N) is 3. The maximum Gasteiger partial charge on any atom is 0.250 e. The number of hydrogen-bond donors (Lipinski definition) is 2. The zero-order valence-corrected chi connectivity index (χ0v) is 21.5. The van der Waals surface area contributed by atoms with E-state index >= 15 is 0 Å². The van der Waals surface area contributed by atoms with E-state index < -0.39 is 0 Å². The Hall–Kier alpha value is -3.36. The fraction of sp³-hybridized carbons (Fsp3) is 0.429. The number of piperazine rings is 1. The van der Waals surface area contributed by atoms with E-state index in [9.17, 15) is 4.79 Å². The number of benzene rings is 2. The van der Waals surface area contributed by atoms with Gasteiger partial charge in [0.1, 0.15) is 12.4 Å². The third kappa shape index (κ3) is 6.06. The lowest BCUT2D eigenvalue weighted by molar-refractivity contribution is -0.120. The van der Waals surface area contributed by atoms with Crippen LogP contribution >= 0.6 is 0 Å². The van der Waals surface area contributed by atoms with Gasteiger partial charge >= 0.3 is 0 Å². The van der Waals surface area contributed by atoms with Gasteiger partial charge in [0.25, 0.3) is 0 Å². The Kier molecular flexibility index (Phi) is 8.61. The summed E-state index contributed by atoms with van der Waals surface area (Å²) in [7, 11) is 1.68. The number of anilines is 3. The number of rotatable bonds is 10. The average Bonchev–Trinajstić information content (AvgIpc) is 2.91. The second-order valence-corrected chi connectivity index (χ2v) is 9.02. The molecule has 1 aliphatic rings.